The quantitative estimate of drug-likeness (QED) is 0.667. The van der Waals surface area contributed by atoms with E-state index in [2.05, 4.69) is 10.6 Å². The largest absolute Gasteiger partial charge is 0.481 e. The van der Waals surface area contributed by atoms with Crippen molar-refractivity contribution in [2.75, 3.05) is 26.4 Å². The van der Waals surface area contributed by atoms with Crippen LogP contribution in [0.25, 0.3) is 0 Å². The minimum Gasteiger partial charge on any atom is -0.481 e. The molecule has 3 N–H and O–H groups in total. The van der Waals surface area contributed by atoms with Crippen LogP contribution in [0.4, 0.5) is 4.79 Å². The highest BCUT2D eigenvalue weighted by atomic mass is 16.6. The Morgan fingerprint density at radius 1 is 1.26 bits per heavy atom. The third-order valence-electron chi connectivity index (χ3n) is 3.49. The molecule has 2 rings (SSSR count). The molecule has 19 heavy (non-hydrogen) atoms. The van der Waals surface area contributed by atoms with Gasteiger partial charge in [0.05, 0.1) is 31.8 Å². The fourth-order valence-electron chi connectivity index (χ4n) is 2.43. The first-order valence-corrected chi connectivity index (χ1v) is 6.61. The van der Waals surface area contributed by atoms with E-state index in [1.165, 1.54) is 0 Å². The predicted octanol–water partition coefficient (Wildman–Crippen LogP) is -0.0457. The maximum atomic E-state index is 11.7. The zero-order valence-corrected chi connectivity index (χ0v) is 10.8. The zero-order valence-electron chi connectivity index (χ0n) is 10.8. The highest BCUT2D eigenvalue weighted by Gasteiger charge is 2.30. The molecule has 1 heterocycles. The van der Waals surface area contributed by atoms with Crippen molar-refractivity contribution in [2.45, 2.75) is 31.4 Å². The third-order valence-corrected chi connectivity index (χ3v) is 3.49. The normalized spacial score (nSPS) is 30.8. The Labute approximate surface area is 111 Å². The number of hydrogen-bond donors (Lipinski definition) is 3. The second-order valence-electron chi connectivity index (χ2n) is 4.97. The molecule has 1 saturated heterocycles. The first-order valence-electron chi connectivity index (χ1n) is 6.61. The van der Waals surface area contributed by atoms with Crippen LogP contribution in [0.1, 0.15) is 19.3 Å². The summed E-state index contributed by atoms with van der Waals surface area (Å²) in [4.78, 5) is 22.5. The Balaban J connectivity index is 1.63. The first kappa shape index (κ1) is 14.1. The molecule has 7 nitrogen and oxygen atoms in total. The van der Waals surface area contributed by atoms with Crippen molar-refractivity contribution < 1.29 is 24.2 Å². The minimum absolute atomic E-state index is 0.0513. The van der Waals surface area contributed by atoms with Gasteiger partial charge in [-0.05, 0) is 19.3 Å². The number of carbonyl (C=O) groups is 2. The van der Waals surface area contributed by atoms with Gasteiger partial charge in [0, 0.05) is 12.6 Å². The van der Waals surface area contributed by atoms with Crippen molar-refractivity contribution in [1.29, 1.82) is 0 Å². The molecule has 0 aromatic heterocycles. The van der Waals surface area contributed by atoms with Gasteiger partial charge >= 0.3 is 12.0 Å². The average molecular weight is 272 g/mol. The van der Waals surface area contributed by atoms with Gasteiger partial charge in [0.1, 0.15) is 0 Å². The van der Waals surface area contributed by atoms with Gasteiger partial charge in [0.25, 0.3) is 0 Å². The monoisotopic (exact) mass is 272 g/mol. The van der Waals surface area contributed by atoms with E-state index >= 15 is 0 Å². The maximum Gasteiger partial charge on any atom is 0.315 e. The van der Waals surface area contributed by atoms with Gasteiger partial charge in [-0.25, -0.2) is 4.79 Å². The van der Waals surface area contributed by atoms with Crippen molar-refractivity contribution in [2.24, 2.45) is 5.92 Å². The number of nitrogens with one attached hydrogen (secondary N) is 2. The zero-order chi connectivity index (χ0) is 13.7. The SMILES string of the molecule is O=C(NCC1COCCO1)N[C@H]1CC[C@@H](C(=O)O)C1. The summed E-state index contributed by atoms with van der Waals surface area (Å²) >= 11 is 0. The van der Waals surface area contributed by atoms with E-state index < -0.39 is 5.97 Å². The highest BCUT2D eigenvalue weighted by Crippen LogP contribution is 2.25. The minimum atomic E-state index is -0.780. The molecule has 1 unspecified atom stereocenters. The number of carboxylic acids is 1. The number of rotatable bonds is 4. The molecule has 1 aliphatic carbocycles. The van der Waals surface area contributed by atoms with Crippen LogP contribution in [-0.4, -0.2) is 55.6 Å². The topological polar surface area (TPSA) is 96.9 Å². The number of hydrogen-bond acceptors (Lipinski definition) is 4. The Morgan fingerprint density at radius 3 is 2.74 bits per heavy atom. The Hall–Kier alpha value is -1.34. The van der Waals surface area contributed by atoms with Crippen LogP contribution in [0.2, 0.25) is 0 Å². The molecule has 1 aliphatic heterocycles. The lowest BCUT2D eigenvalue weighted by Gasteiger charge is -2.23. The molecule has 7 heteroatoms. The van der Waals surface area contributed by atoms with Crippen LogP contribution >= 0.6 is 0 Å². The molecular formula is C12H20N2O5. The van der Waals surface area contributed by atoms with Crippen molar-refractivity contribution >= 4 is 12.0 Å². The van der Waals surface area contributed by atoms with Gasteiger partial charge in [0.2, 0.25) is 0 Å². The van der Waals surface area contributed by atoms with E-state index in [0.29, 0.717) is 45.6 Å². The molecule has 0 radical (unpaired) electrons. The number of urea groups is 1. The number of aliphatic carboxylic acids is 1. The number of carboxylic acid groups (broad SMARTS) is 1. The van der Waals surface area contributed by atoms with Gasteiger partial charge in [-0.1, -0.05) is 0 Å². The second kappa shape index (κ2) is 6.72. The lowest BCUT2D eigenvalue weighted by molar-refractivity contribution is -0.141. The van der Waals surface area contributed by atoms with Gasteiger partial charge in [0.15, 0.2) is 0 Å². The van der Waals surface area contributed by atoms with Crippen LogP contribution in [0.3, 0.4) is 0 Å². The van der Waals surface area contributed by atoms with Crippen LogP contribution in [-0.2, 0) is 14.3 Å². The smallest absolute Gasteiger partial charge is 0.315 e. The molecule has 2 aliphatic rings. The van der Waals surface area contributed by atoms with Crippen LogP contribution in [0.5, 0.6) is 0 Å². The maximum absolute atomic E-state index is 11.7. The van der Waals surface area contributed by atoms with Crippen LogP contribution in [0.15, 0.2) is 0 Å². The standard InChI is InChI=1S/C12H20N2O5/c15-11(16)8-1-2-9(5-8)14-12(17)13-6-10-7-18-3-4-19-10/h8-10H,1-7H2,(H,15,16)(H2,13,14,17)/t8-,9+,10?/m1/s1. The number of amides is 2. The summed E-state index contributed by atoms with van der Waals surface area (Å²) in [5.41, 5.74) is 0. The summed E-state index contributed by atoms with van der Waals surface area (Å²) in [6, 6.07) is -0.324. The summed E-state index contributed by atoms with van der Waals surface area (Å²) in [5, 5.41) is 14.4. The lowest BCUT2D eigenvalue weighted by Crippen LogP contribution is -2.46. The van der Waals surface area contributed by atoms with E-state index in [9.17, 15) is 9.59 Å². The summed E-state index contributed by atoms with van der Waals surface area (Å²) < 4.78 is 10.6. The van der Waals surface area contributed by atoms with Gasteiger partial charge in [-0.3, -0.25) is 4.79 Å². The molecule has 108 valence electrons. The molecule has 3 atom stereocenters. The summed E-state index contributed by atoms with van der Waals surface area (Å²) in [6.07, 6.45) is 1.74. The Kier molecular flexibility index (Phi) is 4.98. The van der Waals surface area contributed by atoms with Gasteiger partial charge in [-0.15, -0.1) is 0 Å². The number of carbonyl (C=O) groups excluding carboxylic acids is 1. The fourth-order valence-corrected chi connectivity index (χ4v) is 2.43. The molecule has 0 aromatic rings. The Bertz CT molecular complexity index is 330. The summed E-state index contributed by atoms with van der Waals surface area (Å²) in [6.45, 7) is 2.05. The fraction of sp³-hybridized carbons (Fsp3) is 0.833. The van der Waals surface area contributed by atoms with Crippen molar-refractivity contribution in [3.63, 3.8) is 0 Å². The predicted molar refractivity (Wildman–Crippen MR) is 65.9 cm³/mol. The molecule has 2 amide bonds. The molecule has 0 spiro atoms. The Morgan fingerprint density at radius 2 is 2.11 bits per heavy atom. The van der Waals surface area contributed by atoms with Gasteiger partial charge in [-0.2, -0.15) is 0 Å². The van der Waals surface area contributed by atoms with Gasteiger partial charge < -0.3 is 25.2 Å². The highest BCUT2D eigenvalue weighted by molar-refractivity contribution is 5.75. The third kappa shape index (κ3) is 4.36. The molecule has 2 fully saturated rings. The molecular weight excluding hydrogens is 252 g/mol. The molecule has 0 bridgehead atoms. The van der Waals surface area contributed by atoms with E-state index in [1.54, 1.807) is 0 Å². The van der Waals surface area contributed by atoms with Crippen molar-refractivity contribution in [1.82, 2.24) is 10.6 Å². The summed E-state index contributed by atoms with van der Waals surface area (Å²) in [7, 11) is 0. The lowest BCUT2D eigenvalue weighted by atomic mass is 10.1. The second-order valence-corrected chi connectivity index (χ2v) is 4.97. The van der Waals surface area contributed by atoms with Crippen molar-refractivity contribution in [3.8, 4) is 0 Å². The number of ether oxygens (including phenoxy) is 2. The average Bonchev–Trinajstić information content (AvgIpc) is 2.86. The first-order chi connectivity index (χ1) is 9.15. The van der Waals surface area contributed by atoms with Crippen LogP contribution in [0, 0.1) is 5.92 Å². The van der Waals surface area contributed by atoms with E-state index in [4.69, 9.17) is 14.6 Å². The molecule has 0 aromatic carbocycles. The van der Waals surface area contributed by atoms with E-state index in [-0.39, 0.29) is 24.1 Å². The van der Waals surface area contributed by atoms with Crippen LogP contribution < -0.4 is 10.6 Å². The van der Waals surface area contributed by atoms with Crippen molar-refractivity contribution in [3.05, 3.63) is 0 Å². The van der Waals surface area contributed by atoms with E-state index in [0.717, 1.165) is 0 Å². The summed E-state index contributed by atoms with van der Waals surface area (Å²) in [5.74, 6) is -1.11. The van der Waals surface area contributed by atoms with E-state index in [1.807, 2.05) is 0 Å². The molecule has 1 saturated carbocycles.